The zero-order chi connectivity index (χ0) is 16.9. The van der Waals surface area contributed by atoms with Crippen LogP contribution in [0.15, 0.2) is 23.1 Å². The minimum Gasteiger partial charge on any atom is -0.382 e. The maximum atomic E-state index is 11.6. The van der Waals surface area contributed by atoms with E-state index in [1.165, 1.54) is 18.2 Å². The highest BCUT2D eigenvalue weighted by atomic mass is 32.2. The normalized spacial score (nSPS) is 17.7. The number of carbonyl (C=O) groups is 1. The van der Waals surface area contributed by atoms with Crippen molar-refractivity contribution in [2.45, 2.75) is 30.8 Å². The molecule has 9 heteroatoms. The molecular weight excluding hydrogens is 322 g/mol. The first-order chi connectivity index (χ1) is 10.9. The summed E-state index contributed by atoms with van der Waals surface area (Å²) in [6.45, 7) is 3.47. The van der Waals surface area contributed by atoms with E-state index in [-0.39, 0.29) is 16.7 Å². The van der Waals surface area contributed by atoms with Gasteiger partial charge in [0.25, 0.3) is 10.1 Å². The van der Waals surface area contributed by atoms with Crippen LogP contribution >= 0.6 is 0 Å². The van der Waals surface area contributed by atoms with Crippen LogP contribution in [0.5, 0.6) is 0 Å². The number of ether oxygens (including phenoxy) is 1. The van der Waals surface area contributed by atoms with Gasteiger partial charge in [-0.1, -0.05) is 0 Å². The molecule has 1 aromatic carbocycles. The smallest absolute Gasteiger partial charge is 0.319 e. The Labute approximate surface area is 135 Å². The summed E-state index contributed by atoms with van der Waals surface area (Å²) in [6, 6.07) is 3.69. The molecule has 1 atom stereocenters. The van der Waals surface area contributed by atoms with Crippen molar-refractivity contribution in [3.05, 3.63) is 18.2 Å². The van der Waals surface area contributed by atoms with Crippen molar-refractivity contribution in [2.75, 3.05) is 30.3 Å². The van der Waals surface area contributed by atoms with Crippen molar-refractivity contribution < 1.29 is 22.5 Å². The number of nitrogens with one attached hydrogen (secondary N) is 3. The van der Waals surface area contributed by atoms with Gasteiger partial charge in [0, 0.05) is 25.4 Å². The molecule has 1 aliphatic heterocycles. The van der Waals surface area contributed by atoms with E-state index in [4.69, 9.17) is 4.74 Å². The number of anilines is 2. The fourth-order valence-electron chi connectivity index (χ4n) is 2.33. The fraction of sp³-hybridized carbons (Fsp3) is 0.500. The third kappa shape index (κ3) is 5.08. The van der Waals surface area contributed by atoms with Gasteiger partial charge in [-0.2, -0.15) is 8.42 Å². The zero-order valence-electron chi connectivity index (χ0n) is 12.8. The molecule has 2 amide bonds. The summed E-state index contributed by atoms with van der Waals surface area (Å²) in [6.07, 6.45) is 2.12. The third-order valence-corrected chi connectivity index (χ3v) is 4.31. The standard InChI is InChI=1S/C14H21N3O5S/c1-2-15-14(18)17-12-8-10(5-6-13(12)23(19,20)21)16-9-11-4-3-7-22-11/h5-6,8,11,16H,2-4,7,9H2,1H3,(H2,15,17,18)(H,19,20,21). The quantitative estimate of drug-likeness (QED) is 0.584. The van der Waals surface area contributed by atoms with Gasteiger partial charge in [-0.25, -0.2) is 4.79 Å². The summed E-state index contributed by atoms with van der Waals surface area (Å²) in [5.41, 5.74) is 0.635. The molecule has 0 aliphatic carbocycles. The molecule has 1 heterocycles. The van der Waals surface area contributed by atoms with Crippen LogP contribution in [-0.2, 0) is 14.9 Å². The minimum atomic E-state index is -4.44. The third-order valence-electron chi connectivity index (χ3n) is 3.40. The van der Waals surface area contributed by atoms with Crippen molar-refractivity contribution in [3.63, 3.8) is 0 Å². The van der Waals surface area contributed by atoms with E-state index in [9.17, 15) is 17.8 Å². The molecule has 1 unspecified atom stereocenters. The van der Waals surface area contributed by atoms with Crippen LogP contribution in [0.1, 0.15) is 19.8 Å². The van der Waals surface area contributed by atoms with Gasteiger partial charge >= 0.3 is 6.03 Å². The van der Waals surface area contributed by atoms with Crippen molar-refractivity contribution in [1.29, 1.82) is 0 Å². The lowest BCUT2D eigenvalue weighted by molar-refractivity contribution is 0.120. The van der Waals surface area contributed by atoms with Gasteiger partial charge in [0.05, 0.1) is 11.8 Å². The number of rotatable bonds is 6. The Balaban J connectivity index is 2.16. The van der Waals surface area contributed by atoms with Gasteiger partial charge in [-0.3, -0.25) is 4.55 Å². The number of benzene rings is 1. The maximum Gasteiger partial charge on any atom is 0.319 e. The number of urea groups is 1. The lowest BCUT2D eigenvalue weighted by atomic mass is 10.2. The topological polar surface area (TPSA) is 117 Å². The minimum absolute atomic E-state index is 0.00999. The Morgan fingerprint density at radius 1 is 1.43 bits per heavy atom. The Hall–Kier alpha value is -1.84. The predicted molar refractivity (Wildman–Crippen MR) is 86.4 cm³/mol. The maximum absolute atomic E-state index is 11.6. The number of hydrogen-bond acceptors (Lipinski definition) is 5. The second kappa shape index (κ2) is 7.62. The molecule has 1 aromatic rings. The number of hydrogen-bond donors (Lipinski definition) is 4. The molecule has 1 fully saturated rings. The number of carbonyl (C=O) groups excluding carboxylic acids is 1. The fourth-order valence-corrected chi connectivity index (χ4v) is 2.95. The highest BCUT2D eigenvalue weighted by molar-refractivity contribution is 7.86. The lowest BCUT2D eigenvalue weighted by Gasteiger charge is -2.15. The van der Waals surface area contributed by atoms with Gasteiger partial charge in [-0.15, -0.1) is 0 Å². The largest absolute Gasteiger partial charge is 0.382 e. The van der Waals surface area contributed by atoms with E-state index in [0.29, 0.717) is 18.8 Å². The highest BCUT2D eigenvalue weighted by Crippen LogP contribution is 2.25. The highest BCUT2D eigenvalue weighted by Gasteiger charge is 2.19. The predicted octanol–water partition coefficient (Wildman–Crippen LogP) is 1.67. The molecule has 8 nitrogen and oxygen atoms in total. The van der Waals surface area contributed by atoms with Crippen LogP contribution in [0, 0.1) is 0 Å². The molecule has 128 valence electrons. The number of amides is 2. The van der Waals surface area contributed by atoms with Gasteiger partial charge < -0.3 is 20.7 Å². The molecular formula is C14H21N3O5S. The van der Waals surface area contributed by atoms with Gasteiger partial charge in [0.15, 0.2) is 0 Å². The summed E-state index contributed by atoms with van der Waals surface area (Å²) in [5.74, 6) is 0. The van der Waals surface area contributed by atoms with E-state index in [1.54, 1.807) is 6.92 Å². The summed E-state index contributed by atoms with van der Waals surface area (Å²) in [7, 11) is -4.44. The van der Waals surface area contributed by atoms with E-state index in [2.05, 4.69) is 16.0 Å². The second-order valence-corrected chi connectivity index (χ2v) is 6.58. The van der Waals surface area contributed by atoms with Crippen LogP contribution in [0.3, 0.4) is 0 Å². The molecule has 1 aliphatic rings. The van der Waals surface area contributed by atoms with E-state index < -0.39 is 16.1 Å². The van der Waals surface area contributed by atoms with Crippen molar-refractivity contribution in [1.82, 2.24) is 5.32 Å². The van der Waals surface area contributed by atoms with Crippen molar-refractivity contribution >= 4 is 27.5 Å². The molecule has 4 N–H and O–H groups in total. The zero-order valence-corrected chi connectivity index (χ0v) is 13.6. The first kappa shape index (κ1) is 17.5. The Morgan fingerprint density at radius 3 is 2.83 bits per heavy atom. The molecule has 1 saturated heterocycles. The molecule has 0 aromatic heterocycles. The molecule has 0 saturated carbocycles. The SMILES string of the molecule is CCNC(=O)Nc1cc(NCC2CCCO2)ccc1S(=O)(=O)O. The van der Waals surface area contributed by atoms with Gasteiger partial charge in [-0.05, 0) is 38.0 Å². The average molecular weight is 343 g/mol. The average Bonchev–Trinajstić information content (AvgIpc) is 2.97. The van der Waals surface area contributed by atoms with E-state index in [1.807, 2.05) is 0 Å². The second-order valence-electron chi connectivity index (χ2n) is 5.19. The monoisotopic (exact) mass is 343 g/mol. The van der Waals surface area contributed by atoms with Crippen LogP contribution in [0.25, 0.3) is 0 Å². The summed E-state index contributed by atoms with van der Waals surface area (Å²) < 4.78 is 37.6. The van der Waals surface area contributed by atoms with Crippen LogP contribution in [0.2, 0.25) is 0 Å². The van der Waals surface area contributed by atoms with Crippen LogP contribution < -0.4 is 16.0 Å². The first-order valence-corrected chi connectivity index (χ1v) is 8.86. The molecule has 23 heavy (non-hydrogen) atoms. The van der Waals surface area contributed by atoms with Gasteiger partial charge in [0.2, 0.25) is 0 Å². The Bertz CT molecular complexity index is 656. The van der Waals surface area contributed by atoms with Crippen molar-refractivity contribution in [3.8, 4) is 0 Å². The Kier molecular flexibility index (Phi) is 5.80. The van der Waals surface area contributed by atoms with Crippen molar-refractivity contribution in [2.24, 2.45) is 0 Å². The first-order valence-electron chi connectivity index (χ1n) is 7.42. The molecule has 0 bridgehead atoms. The van der Waals surface area contributed by atoms with E-state index in [0.717, 1.165) is 19.4 Å². The molecule has 0 radical (unpaired) electrons. The summed E-state index contributed by atoms with van der Waals surface area (Å²) in [5, 5.41) is 8.07. The molecule has 2 rings (SSSR count). The Morgan fingerprint density at radius 2 is 2.22 bits per heavy atom. The molecule has 0 spiro atoms. The van der Waals surface area contributed by atoms with E-state index >= 15 is 0 Å². The summed E-state index contributed by atoms with van der Waals surface area (Å²) >= 11 is 0. The lowest BCUT2D eigenvalue weighted by Crippen LogP contribution is -2.29. The summed E-state index contributed by atoms with van der Waals surface area (Å²) in [4.78, 5) is 11.3. The van der Waals surface area contributed by atoms with Crippen LogP contribution in [-0.4, -0.2) is 44.8 Å². The van der Waals surface area contributed by atoms with Gasteiger partial charge in [0.1, 0.15) is 4.90 Å². The van der Waals surface area contributed by atoms with Crippen LogP contribution in [0.4, 0.5) is 16.2 Å².